The Morgan fingerprint density at radius 2 is 2.04 bits per heavy atom. The van der Waals surface area contributed by atoms with E-state index in [4.69, 9.17) is 5.73 Å². The van der Waals surface area contributed by atoms with Crippen molar-refractivity contribution in [3.63, 3.8) is 0 Å². The molecule has 7 nitrogen and oxygen atoms in total. The van der Waals surface area contributed by atoms with Crippen molar-refractivity contribution in [3.8, 4) is 0 Å². The average molecular weight is 359 g/mol. The van der Waals surface area contributed by atoms with Gasteiger partial charge in [-0.25, -0.2) is 4.79 Å². The molecule has 0 aromatic carbocycles. The molecule has 1 aliphatic rings. The van der Waals surface area contributed by atoms with Gasteiger partial charge in [0.25, 0.3) is 0 Å². The van der Waals surface area contributed by atoms with Crippen LogP contribution in [0.25, 0.3) is 0 Å². The van der Waals surface area contributed by atoms with Gasteiger partial charge in [-0.15, -0.1) is 0 Å². The van der Waals surface area contributed by atoms with Gasteiger partial charge in [0.1, 0.15) is 12.1 Å². The van der Waals surface area contributed by atoms with Crippen LogP contribution >= 0.6 is 11.8 Å². The predicted octanol–water partition coefficient (Wildman–Crippen LogP) is 0.673. The second-order valence-corrected chi connectivity index (χ2v) is 7.59. The molecule has 1 saturated heterocycles. The van der Waals surface area contributed by atoms with Gasteiger partial charge < -0.3 is 21.1 Å². The van der Waals surface area contributed by atoms with Crippen LogP contribution < -0.4 is 11.1 Å². The number of likely N-dealkylation sites (tertiary alicyclic amines) is 1. The Hall–Kier alpha value is -1.28. The van der Waals surface area contributed by atoms with Gasteiger partial charge in [0.15, 0.2) is 0 Å². The summed E-state index contributed by atoms with van der Waals surface area (Å²) in [7, 11) is 0. The first-order valence-corrected chi connectivity index (χ1v) is 9.75. The monoisotopic (exact) mass is 359 g/mol. The summed E-state index contributed by atoms with van der Waals surface area (Å²) >= 11 is 1.57. The summed E-state index contributed by atoms with van der Waals surface area (Å²) in [4.78, 5) is 37.7. The van der Waals surface area contributed by atoms with E-state index >= 15 is 0 Å². The van der Waals surface area contributed by atoms with E-state index in [9.17, 15) is 19.5 Å². The van der Waals surface area contributed by atoms with Crippen LogP contribution in [0.2, 0.25) is 0 Å². The number of carboxylic acids is 1. The molecular formula is C16H29N3O4S. The van der Waals surface area contributed by atoms with E-state index in [0.717, 1.165) is 0 Å². The van der Waals surface area contributed by atoms with Crippen LogP contribution in [0.3, 0.4) is 0 Å². The van der Waals surface area contributed by atoms with E-state index in [1.807, 2.05) is 20.1 Å². The highest BCUT2D eigenvalue weighted by Gasteiger charge is 2.37. The second-order valence-electron chi connectivity index (χ2n) is 6.61. The van der Waals surface area contributed by atoms with Crippen LogP contribution in [-0.2, 0) is 14.4 Å². The molecule has 8 heteroatoms. The Morgan fingerprint density at radius 3 is 2.58 bits per heavy atom. The Labute approximate surface area is 147 Å². The molecule has 1 heterocycles. The average Bonchev–Trinajstić information content (AvgIpc) is 2.99. The lowest BCUT2D eigenvalue weighted by Crippen LogP contribution is -2.54. The van der Waals surface area contributed by atoms with Crippen molar-refractivity contribution in [2.45, 2.75) is 57.7 Å². The lowest BCUT2D eigenvalue weighted by Gasteiger charge is -2.28. The van der Waals surface area contributed by atoms with Gasteiger partial charge in [-0.05, 0) is 43.6 Å². The molecule has 3 atom stereocenters. The Kier molecular flexibility index (Phi) is 8.55. The van der Waals surface area contributed by atoms with Crippen molar-refractivity contribution in [1.82, 2.24) is 10.2 Å². The third-order valence-electron chi connectivity index (χ3n) is 4.11. The molecule has 0 aliphatic carbocycles. The number of thioether (sulfide) groups is 1. The number of rotatable bonds is 9. The van der Waals surface area contributed by atoms with Crippen LogP contribution in [0.5, 0.6) is 0 Å². The summed E-state index contributed by atoms with van der Waals surface area (Å²) in [5.74, 6) is -0.691. The zero-order valence-electron chi connectivity index (χ0n) is 14.7. The molecule has 0 aromatic heterocycles. The van der Waals surface area contributed by atoms with Crippen molar-refractivity contribution in [1.29, 1.82) is 0 Å². The molecule has 0 saturated carbocycles. The number of nitrogens with zero attached hydrogens (tertiary/aromatic N) is 1. The third kappa shape index (κ3) is 5.98. The number of carbonyl (C=O) groups excluding carboxylic acids is 2. The first-order chi connectivity index (χ1) is 11.3. The predicted molar refractivity (Wildman–Crippen MR) is 94.7 cm³/mol. The minimum atomic E-state index is -0.993. The SMILES string of the molecule is CSCC[C@H](NC(=O)[C@@H](N)CC(C)C)C(=O)N1CCC[C@H]1C(=O)O. The van der Waals surface area contributed by atoms with Gasteiger partial charge in [-0.1, -0.05) is 13.8 Å². The van der Waals surface area contributed by atoms with Crippen LogP contribution in [-0.4, -0.2) is 64.5 Å². The minimum Gasteiger partial charge on any atom is -0.480 e. The van der Waals surface area contributed by atoms with Gasteiger partial charge in [-0.2, -0.15) is 11.8 Å². The minimum absolute atomic E-state index is 0.279. The number of carboxylic acid groups (broad SMARTS) is 1. The zero-order chi connectivity index (χ0) is 18.3. The Morgan fingerprint density at radius 1 is 1.38 bits per heavy atom. The highest BCUT2D eigenvalue weighted by molar-refractivity contribution is 7.98. The highest BCUT2D eigenvalue weighted by Crippen LogP contribution is 2.19. The van der Waals surface area contributed by atoms with E-state index in [0.29, 0.717) is 38.0 Å². The third-order valence-corrected chi connectivity index (χ3v) is 4.75. The summed E-state index contributed by atoms with van der Waals surface area (Å²) in [5, 5.41) is 12.0. The molecule has 0 aromatic rings. The maximum absolute atomic E-state index is 12.7. The molecule has 0 spiro atoms. The lowest BCUT2D eigenvalue weighted by molar-refractivity contribution is -0.149. The number of nitrogens with one attached hydrogen (secondary N) is 1. The second kappa shape index (κ2) is 9.88. The highest BCUT2D eigenvalue weighted by atomic mass is 32.2. The summed E-state index contributed by atoms with van der Waals surface area (Å²) in [6, 6.07) is -2.18. The number of hydrogen-bond donors (Lipinski definition) is 3. The first-order valence-electron chi connectivity index (χ1n) is 8.36. The van der Waals surface area contributed by atoms with E-state index in [-0.39, 0.29) is 17.7 Å². The first kappa shape index (κ1) is 20.8. The molecular weight excluding hydrogens is 330 g/mol. The molecule has 1 fully saturated rings. The van der Waals surface area contributed by atoms with Gasteiger partial charge in [0.05, 0.1) is 6.04 Å². The number of nitrogens with two attached hydrogens (primary N) is 1. The molecule has 1 aliphatic heterocycles. The van der Waals surface area contributed by atoms with Crippen molar-refractivity contribution in [3.05, 3.63) is 0 Å². The van der Waals surface area contributed by atoms with Crippen LogP contribution in [0, 0.1) is 5.92 Å². The molecule has 24 heavy (non-hydrogen) atoms. The molecule has 1 rings (SSSR count). The molecule has 0 bridgehead atoms. The smallest absolute Gasteiger partial charge is 0.326 e. The summed E-state index contributed by atoms with van der Waals surface area (Å²) < 4.78 is 0. The number of aliphatic carboxylic acids is 1. The van der Waals surface area contributed by atoms with Gasteiger partial charge in [-0.3, -0.25) is 9.59 Å². The normalized spacial score (nSPS) is 20.0. The van der Waals surface area contributed by atoms with Gasteiger partial charge in [0.2, 0.25) is 11.8 Å². The topological polar surface area (TPSA) is 113 Å². The van der Waals surface area contributed by atoms with E-state index < -0.39 is 24.1 Å². The zero-order valence-corrected chi connectivity index (χ0v) is 15.5. The molecule has 2 amide bonds. The fourth-order valence-electron chi connectivity index (χ4n) is 2.87. The fourth-order valence-corrected chi connectivity index (χ4v) is 3.35. The van der Waals surface area contributed by atoms with Crippen LogP contribution in [0.4, 0.5) is 0 Å². The summed E-state index contributed by atoms with van der Waals surface area (Å²) in [6.45, 7) is 4.37. The fraction of sp³-hybridized carbons (Fsp3) is 0.812. The largest absolute Gasteiger partial charge is 0.480 e. The number of carbonyl (C=O) groups is 3. The lowest BCUT2D eigenvalue weighted by atomic mass is 10.0. The Bertz CT molecular complexity index is 459. The summed E-state index contributed by atoms with van der Waals surface area (Å²) in [5.41, 5.74) is 5.89. The van der Waals surface area contributed by atoms with E-state index in [1.54, 1.807) is 11.8 Å². The molecule has 4 N–H and O–H groups in total. The van der Waals surface area contributed by atoms with Crippen molar-refractivity contribution in [2.24, 2.45) is 11.7 Å². The maximum atomic E-state index is 12.7. The van der Waals surface area contributed by atoms with Gasteiger partial charge in [0, 0.05) is 6.54 Å². The number of hydrogen-bond acceptors (Lipinski definition) is 5. The quantitative estimate of drug-likeness (QED) is 0.558. The van der Waals surface area contributed by atoms with E-state index in [1.165, 1.54) is 4.90 Å². The van der Waals surface area contributed by atoms with Crippen molar-refractivity contribution in [2.75, 3.05) is 18.6 Å². The molecule has 138 valence electrons. The van der Waals surface area contributed by atoms with E-state index in [2.05, 4.69) is 5.32 Å². The van der Waals surface area contributed by atoms with Crippen LogP contribution in [0.1, 0.15) is 39.5 Å². The standard InChI is InChI=1S/C16H29N3O4S/c1-10(2)9-11(17)14(20)18-12(6-8-24-3)15(21)19-7-4-5-13(19)16(22)23/h10-13H,4-9,17H2,1-3H3,(H,18,20)(H,22,23)/t11-,12-,13-/m0/s1. The molecule has 0 radical (unpaired) electrons. The number of amides is 2. The Balaban J connectivity index is 2.78. The summed E-state index contributed by atoms with van der Waals surface area (Å²) in [6.07, 6.45) is 4.04. The van der Waals surface area contributed by atoms with Gasteiger partial charge >= 0.3 is 5.97 Å². The molecule has 0 unspecified atom stereocenters. The van der Waals surface area contributed by atoms with Crippen LogP contribution in [0.15, 0.2) is 0 Å². The maximum Gasteiger partial charge on any atom is 0.326 e. The van der Waals surface area contributed by atoms with Crippen molar-refractivity contribution < 1.29 is 19.5 Å². The van der Waals surface area contributed by atoms with Crippen molar-refractivity contribution >= 4 is 29.5 Å².